The Morgan fingerprint density at radius 3 is 2.50 bits per heavy atom. The van der Waals surface area contributed by atoms with Crippen LogP contribution in [0.2, 0.25) is 0 Å². The molecule has 1 aromatic heterocycles. The van der Waals surface area contributed by atoms with Crippen LogP contribution in [-0.2, 0) is 5.66 Å². The van der Waals surface area contributed by atoms with Crippen LogP contribution in [0.25, 0.3) is 0 Å². The summed E-state index contributed by atoms with van der Waals surface area (Å²) in [5.74, 6) is 1.99. The van der Waals surface area contributed by atoms with Gasteiger partial charge in [0.15, 0.2) is 5.66 Å². The number of pyridine rings is 1. The summed E-state index contributed by atoms with van der Waals surface area (Å²) in [6.07, 6.45) is 3.56. The van der Waals surface area contributed by atoms with Gasteiger partial charge in [-0.3, -0.25) is 5.73 Å². The van der Waals surface area contributed by atoms with Crippen molar-refractivity contribution in [2.45, 2.75) is 5.66 Å². The molecule has 158 valence electrons. The van der Waals surface area contributed by atoms with Crippen molar-refractivity contribution in [3.05, 3.63) is 70.3 Å². The molecule has 0 amide bonds. The fourth-order valence-electron chi connectivity index (χ4n) is 3.63. The second-order valence-electron chi connectivity index (χ2n) is 7.60. The molecule has 1 saturated heterocycles. The van der Waals surface area contributed by atoms with E-state index in [1.54, 1.807) is 24.4 Å². The maximum atomic E-state index is 14.7. The highest BCUT2D eigenvalue weighted by Gasteiger charge is 2.35. The Hall–Kier alpha value is -2.65. The van der Waals surface area contributed by atoms with Crippen LogP contribution >= 0.6 is 15.9 Å². The van der Waals surface area contributed by atoms with Crippen molar-refractivity contribution < 1.29 is 4.39 Å². The van der Waals surface area contributed by atoms with Gasteiger partial charge in [-0.25, -0.2) is 14.4 Å². The molecular formula is C21H25BrFN7. The summed E-state index contributed by atoms with van der Waals surface area (Å²) < 4.78 is 15.4. The molecule has 3 heterocycles. The highest BCUT2D eigenvalue weighted by Crippen LogP contribution is 2.30. The number of guanidine groups is 1. The molecule has 9 heteroatoms. The summed E-state index contributed by atoms with van der Waals surface area (Å²) in [6.45, 7) is 3.12. The van der Waals surface area contributed by atoms with Gasteiger partial charge in [0.25, 0.3) is 0 Å². The lowest BCUT2D eigenvalue weighted by Gasteiger charge is -2.41. The fraction of sp³-hybridized carbons (Fsp3) is 0.333. The molecule has 1 unspecified atom stereocenters. The van der Waals surface area contributed by atoms with Crippen molar-refractivity contribution in [2.24, 2.45) is 10.7 Å². The number of halogens is 2. The number of benzene rings is 1. The summed E-state index contributed by atoms with van der Waals surface area (Å²) in [7, 11) is 3.83. The molecule has 7 nitrogen and oxygen atoms in total. The molecule has 0 radical (unpaired) electrons. The molecule has 0 bridgehead atoms. The van der Waals surface area contributed by atoms with Gasteiger partial charge in [0.1, 0.15) is 17.5 Å². The van der Waals surface area contributed by atoms with E-state index < -0.39 is 11.5 Å². The molecule has 30 heavy (non-hydrogen) atoms. The summed E-state index contributed by atoms with van der Waals surface area (Å²) >= 11 is 3.30. The number of rotatable bonds is 3. The average molecular weight is 474 g/mol. The number of hydrogen-bond donors (Lipinski definition) is 2. The second kappa shape index (κ2) is 8.23. The first kappa shape index (κ1) is 20.6. The van der Waals surface area contributed by atoms with Crippen molar-refractivity contribution in [3.63, 3.8) is 0 Å². The third kappa shape index (κ3) is 4.13. The summed E-state index contributed by atoms with van der Waals surface area (Å²) in [6, 6.07) is 10.8. The first-order valence-electron chi connectivity index (χ1n) is 9.78. The normalized spacial score (nSPS) is 21.6. The lowest BCUT2D eigenvalue weighted by atomic mass is 9.98. The predicted molar refractivity (Wildman–Crippen MR) is 120 cm³/mol. The van der Waals surface area contributed by atoms with Crippen LogP contribution in [-0.4, -0.2) is 61.0 Å². The van der Waals surface area contributed by atoms with E-state index in [1.165, 1.54) is 6.07 Å². The van der Waals surface area contributed by atoms with E-state index in [2.05, 4.69) is 36.0 Å². The minimum absolute atomic E-state index is 0.330. The molecule has 1 aromatic carbocycles. The van der Waals surface area contributed by atoms with Gasteiger partial charge in [0.2, 0.25) is 5.96 Å². The zero-order valence-corrected chi connectivity index (χ0v) is 18.6. The predicted octanol–water partition coefficient (Wildman–Crippen LogP) is 2.28. The van der Waals surface area contributed by atoms with Crippen molar-refractivity contribution in [2.75, 3.05) is 45.2 Å². The fourth-order valence-corrected chi connectivity index (χ4v) is 3.96. The van der Waals surface area contributed by atoms with Gasteiger partial charge in [-0.15, -0.1) is 0 Å². The minimum Gasteiger partial charge on any atom is -0.364 e. The van der Waals surface area contributed by atoms with Crippen LogP contribution in [0.15, 0.2) is 64.0 Å². The van der Waals surface area contributed by atoms with E-state index >= 15 is 0 Å². The van der Waals surface area contributed by atoms with E-state index in [-0.39, 0.29) is 0 Å². The Labute approximate surface area is 184 Å². The Morgan fingerprint density at radius 2 is 1.87 bits per heavy atom. The van der Waals surface area contributed by atoms with Crippen LogP contribution in [0, 0.1) is 5.82 Å². The third-order valence-corrected chi connectivity index (χ3v) is 5.78. The Bertz CT molecular complexity index is 971. The van der Waals surface area contributed by atoms with Crippen LogP contribution in [0.1, 0.15) is 5.56 Å². The van der Waals surface area contributed by atoms with Gasteiger partial charge < -0.3 is 20.0 Å². The molecule has 2 aromatic rings. The quantitative estimate of drug-likeness (QED) is 0.712. The van der Waals surface area contributed by atoms with Gasteiger partial charge in [-0.05, 0) is 24.3 Å². The molecule has 1 fully saturated rings. The van der Waals surface area contributed by atoms with Crippen molar-refractivity contribution in [3.8, 4) is 0 Å². The summed E-state index contributed by atoms with van der Waals surface area (Å²) in [5, 5.41) is 3.35. The molecule has 0 aliphatic carbocycles. The van der Waals surface area contributed by atoms with Gasteiger partial charge in [0, 0.05) is 62.6 Å². The van der Waals surface area contributed by atoms with E-state index in [0.29, 0.717) is 16.0 Å². The minimum atomic E-state index is -1.30. The Kier molecular flexibility index (Phi) is 5.66. The third-order valence-electron chi connectivity index (χ3n) is 5.28. The van der Waals surface area contributed by atoms with Crippen LogP contribution < -0.4 is 16.0 Å². The maximum Gasteiger partial charge on any atom is 0.202 e. The van der Waals surface area contributed by atoms with E-state index in [0.717, 1.165) is 37.8 Å². The highest BCUT2D eigenvalue weighted by molar-refractivity contribution is 9.10. The first-order chi connectivity index (χ1) is 14.4. The number of aliphatic imine (C=N–C) groups is 1. The van der Waals surface area contributed by atoms with E-state index in [4.69, 9.17) is 10.7 Å². The molecule has 2 aliphatic heterocycles. The second-order valence-corrected chi connectivity index (χ2v) is 8.51. The molecule has 0 spiro atoms. The Morgan fingerprint density at radius 1 is 1.13 bits per heavy atom. The number of nitrogens with zero attached hydrogens (tertiary/aromatic N) is 5. The van der Waals surface area contributed by atoms with Gasteiger partial charge in [-0.1, -0.05) is 28.1 Å². The number of aromatic nitrogens is 1. The zero-order valence-electron chi connectivity index (χ0n) is 17.0. The van der Waals surface area contributed by atoms with Crippen LogP contribution in [0.3, 0.4) is 0 Å². The standard InChI is InChI=1S/C21H25BrFN7/c1-28(2)19-14-21(24,16-7-6-15(22)13-17(16)23)27-20(26-19)30-11-9-29(10-12-30)18-5-3-4-8-25-18/h3-8,13-14H,9-12,24H2,1-2H3,(H,26,27). The van der Waals surface area contributed by atoms with Gasteiger partial charge in [-0.2, -0.15) is 0 Å². The summed E-state index contributed by atoms with van der Waals surface area (Å²) in [4.78, 5) is 15.5. The largest absolute Gasteiger partial charge is 0.364 e. The molecule has 0 saturated carbocycles. The van der Waals surface area contributed by atoms with Crippen molar-refractivity contribution >= 4 is 27.7 Å². The van der Waals surface area contributed by atoms with Gasteiger partial charge in [0.05, 0.1) is 0 Å². The molecule has 2 aliphatic rings. The van der Waals surface area contributed by atoms with E-state index in [9.17, 15) is 4.39 Å². The highest BCUT2D eigenvalue weighted by atomic mass is 79.9. The number of hydrogen-bond acceptors (Lipinski definition) is 7. The maximum absolute atomic E-state index is 14.7. The number of nitrogens with two attached hydrogens (primary N) is 1. The lowest BCUT2D eigenvalue weighted by Crippen LogP contribution is -2.56. The van der Waals surface area contributed by atoms with Crippen molar-refractivity contribution in [1.82, 2.24) is 20.1 Å². The number of anilines is 1. The molecule has 3 N–H and O–H groups in total. The lowest BCUT2D eigenvalue weighted by molar-refractivity contribution is 0.351. The molecular weight excluding hydrogens is 449 g/mol. The van der Waals surface area contributed by atoms with Crippen molar-refractivity contribution in [1.29, 1.82) is 0 Å². The average Bonchev–Trinajstić information content (AvgIpc) is 2.74. The molecule has 1 atom stereocenters. The SMILES string of the molecule is CN(C)C1=CC(N)(c2ccc(Br)cc2F)N=C(N2CCN(c3ccccn3)CC2)N1. The number of nitrogens with one attached hydrogen (secondary N) is 1. The van der Waals surface area contributed by atoms with Crippen LogP contribution in [0.5, 0.6) is 0 Å². The topological polar surface area (TPSA) is 73.0 Å². The summed E-state index contributed by atoms with van der Waals surface area (Å²) in [5.41, 5.74) is 5.67. The van der Waals surface area contributed by atoms with Gasteiger partial charge >= 0.3 is 0 Å². The zero-order chi connectivity index (χ0) is 21.3. The monoisotopic (exact) mass is 473 g/mol. The molecule has 4 rings (SSSR count). The Balaban J connectivity index is 1.60. The van der Waals surface area contributed by atoms with E-state index in [1.807, 2.05) is 37.2 Å². The van der Waals surface area contributed by atoms with Crippen LogP contribution in [0.4, 0.5) is 10.2 Å². The smallest absolute Gasteiger partial charge is 0.202 e. The number of piperazine rings is 1. The first-order valence-corrected chi connectivity index (χ1v) is 10.6.